The zero-order valence-electron chi connectivity index (χ0n) is 19.5. The van der Waals surface area contributed by atoms with Crippen molar-refractivity contribution in [2.24, 2.45) is 17.8 Å². The number of piperidine rings is 1. The minimum absolute atomic E-state index is 0.0299. The molecule has 2 amide bonds. The largest absolute Gasteiger partial charge is 0.481 e. The van der Waals surface area contributed by atoms with Crippen molar-refractivity contribution in [3.05, 3.63) is 59.7 Å². The van der Waals surface area contributed by atoms with E-state index in [4.69, 9.17) is 4.74 Å². The van der Waals surface area contributed by atoms with E-state index in [0.29, 0.717) is 25.9 Å². The van der Waals surface area contributed by atoms with Gasteiger partial charge in [-0.1, -0.05) is 62.4 Å². The zero-order valence-corrected chi connectivity index (χ0v) is 19.5. The maximum atomic E-state index is 13.4. The average molecular weight is 463 g/mol. The van der Waals surface area contributed by atoms with E-state index in [9.17, 15) is 19.5 Å². The van der Waals surface area contributed by atoms with Gasteiger partial charge in [-0.2, -0.15) is 0 Å². The van der Waals surface area contributed by atoms with Gasteiger partial charge in [0, 0.05) is 19.0 Å². The molecule has 2 unspecified atom stereocenters. The number of benzene rings is 2. The minimum atomic E-state index is -1.06. The first-order chi connectivity index (χ1) is 16.4. The number of fused-ring (bicyclic) bond motifs is 4. The Morgan fingerprint density at radius 2 is 1.50 bits per heavy atom. The van der Waals surface area contributed by atoms with Crippen molar-refractivity contribution in [2.75, 3.05) is 19.7 Å². The first-order valence-corrected chi connectivity index (χ1v) is 12.1. The number of aliphatic carboxylic acids is 1. The second-order valence-corrected chi connectivity index (χ2v) is 9.64. The summed E-state index contributed by atoms with van der Waals surface area (Å²) in [6, 6.07) is 16.3. The van der Waals surface area contributed by atoms with Gasteiger partial charge in [-0.15, -0.1) is 0 Å². The number of ether oxygens (including phenoxy) is 1. The van der Waals surface area contributed by atoms with Gasteiger partial charge in [-0.3, -0.25) is 9.59 Å². The number of amides is 2. The van der Waals surface area contributed by atoms with E-state index in [1.165, 1.54) is 0 Å². The molecule has 2 aromatic carbocycles. The Kier molecular flexibility index (Phi) is 5.58. The van der Waals surface area contributed by atoms with Gasteiger partial charge in [0.05, 0.1) is 5.92 Å². The zero-order chi connectivity index (χ0) is 24.0. The van der Waals surface area contributed by atoms with E-state index in [0.717, 1.165) is 22.3 Å². The second-order valence-electron chi connectivity index (χ2n) is 9.64. The fraction of sp³-hybridized carbons (Fsp3) is 0.444. The number of carbonyl (C=O) groups is 3. The normalized spacial score (nSPS) is 22.5. The summed E-state index contributed by atoms with van der Waals surface area (Å²) in [5, 5.41) is 12.1. The van der Waals surface area contributed by atoms with Gasteiger partial charge in [-0.25, -0.2) is 4.79 Å². The van der Waals surface area contributed by atoms with Crippen LogP contribution in [0.5, 0.6) is 0 Å². The van der Waals surface area contributed by atoms with E-state index >= 15 is 0 Å². The monoisotopic (exact) mass is 462 g/mol. The lowest BCUT2D eigenvalue weighted by Gasteiger charge is -2.35. The van der Waals surface area contributed by atoms with Gasteiger partial charge < -0.3 is 20.1 Å². The maximum Gasteiger partial charge on any atom is 0.408 e. The molecule has 34 heavy (non-hydrogen) atoms. The van der Waals surface area contributed by atoms with Crippen LogP contribution in [0.15, 0.2) is 48.5 Å². The standard InChI is InChI=1S/C27H30N2O5/c1-3-27(4-2,25(32)29-13-20-21(14-29)23(20)24(30)31)28-26(33)34-15-22-18-11-7-5-9-16(18)17-10-6-8-12-19(17)22/h5-12,20-23H,3-4,13-15H2,1-2H3,(H,28,33)(H,30,31). The number of nitrogens with one attached hydrogen (secondary N) is 1. The van der Waals surface area contributed by atoms with Crippen molar-refractivity contribution in [1.29, 1.82) is 0 Å². The number of nitrogens with zero attached hydrogens (tertiary/aromatic N) is 1. The smallest absolute Gasteiger partial charge is 0.408 e. The Morgan fingerprint density at radius 1 is 0.971 bits per heavy atom. The van der Waals surface area contributed by atoms with Crippen molar-refractivity contribution in [3.8, 4) is 11.1 Å². The van der Waals surface area contributed by atoms with Crippen molar-refractivity contribution in [2.45, 2.75) is 38.1 Å². The topological polar surface area (TPSA) is 95.9 Å². The number of hydrogen-bond donors (Lipinski definition) is 2. The SMILES string of the molecule is CCC(CC)(NC(=O)OCC1c2ccccc2-c2ccccc21)C(=O)N1CC2C(C1)C2C(=O)O. The molecule has 1 heterocycles. The van der Waals surface area contributed by atoms with Crippen LogP contribution in [0.4, 0.5) is 4.79 Å². The Morgan fingerprint density at radius 3 is 2.00 bits per heavy atom. The molecule has 2 aliphatic carbocycles. The number of likely N-dealkylation sites (tertiary alicyclic amines) is 1. The van der Waals surface area contributed by atoms with E-state index in [2.05, 4.69) is 29.6 Å². The van der Waals surface area contributed by atoms with Crippen molar-refractivity contribution in [1.82, 2.24) is 10.2 Å². The van der Waals surface area contributed by atoms with Crippen LogP contribution in [-0.2, 0) is 14.3 Å². The Balaban J connectivity index is 1.25. The highest BCUT2D eigenvalue weighted by Gasteiger charge is 2.61. The van der Waals surface area contributed by atoms with Crippen LogP contribution in [0.25, 0.3) is 11.1 Å². The van der Waals surface area contributed by atoms with E-state index in [1.54, 1.807) is 4.90 Å². The molecule has 0 spiro atoms. The first kappa shape index (κ1) is 22.4. The molecule has 7 heteroatoms. The number of alkyl carbamates (subject to hydrolysis) is 1. The van der Waals surface area contributed by atoms with E-state index in [-0.39, 0.29) is 36.2 Å². The van der Waals surface area contributed by atoms with Crippen molar-refractivity contribution in [3.63, 3.8) is 0 Å². The number of hydrogen-bond acceptors (Lipinski definition) is 4. The fourth-order valence-corrected chi connectivity index (χ4v) is 5.97. The number of carboxylic acid groups (broad SMARTS) is 1. The Bertz CT molecular complexity index is 1080. The molecule has 3 aliphatic rings. The summed E-state index contributed by atoms with van der Waals surface area (Å²) in [4.78, 5) is 39.3. The molecule has 1 saturated carbocycles. The third-order valence-corrected chi connectivity index (χ3v) is 8.07. The van der Waals surface area contributed by atoms with Gasteiger partial charge in [0.1, 0.15) is 12.1 Å². The van der Waals surface area contributed by atoms with Gasteiger partial charge >= 0.3 is 12.1 Å². The van der Waals surface area contributed by atoms with Crippen LogP contribution >= 0.6 is 0 Å². The summed E-state index contributed by atoms with van der Waals surface area (Å²) in [5.74, 6) is -1.26. The maximum absolute atomic E-state index is 13.4. The molecule has 7 nitrogen and oxygen atoms in total. The second kappa shape index (κ2) is 8.46. The summed E-state index contributed by atoms with van der Waals surface area (Å²) in [6.45, 7) is 4.82. The predicted molar refractivity (Wildman–Crippen MR) is 126 cm³/mol. The highest BCUT2D eigenvalue weighted by molar-refractivity contribution is 5.91. The predicted octanol–water partition coefficient (Wildman–Crippen LogP) is 3.87. The summed E-state index contributed by atoms with van der Waals surface area (Å²) >= 11 is 0. The van der Waals surface area contributed by atoms with Gasteiger partial charge in [0.15, 0.2) is 0 Å². The summed E-state index contributed by atoms with van der Waals surface area (Å²) in [5.41, 5.74) is 3.53. The van der Waals surface area contributed by atoms with Gasteiger partial charge in [0.2, 0.25) is 5.91 Å². The first-order valence-electron chi connectivity index (χ1n) is 12.1. The lowest BCUT2D eigenvalue weighted by atomic mass is 9.91. The van der Waals surface area contributed by atoms with Crippen molar-refractivity contribution >= 4 is 18.0 Å². The molecule has 2 N–H and O–H groups in total. The summed E-state index contributed by atoms with van der Waals surface area (Å²) in [6.07, 6.45) is 0.258. The summed E-state index contributed by atoms with van der Waals surface area (Å²) in [7, 11) is 0. The molecule has 0 aromatic heterocycles. The van der Waals surface area contributed by atoms with E-state index in [1.807, 2.05) is 38.1 Å². The average Bonchev–Trinajstić information content (AvgIpc) is 3.21. The van der Waals surface area contributed by atoms with Gasteiger partial charge in [0.25, 0.3) is 0 Å². The van der Waals surface area contributed by atoms with Gasteiger partial charge in [-0.05, 0) is 46.9 Å². The Hall–Kier alpha value is -3.35. The summed E-state index contributed by atoms with van der Waals surface area (Å²) < 4.78 is 5.69. The van der Waals surface area contributed by atoms with Crippen LogP contribution < -0.4 is 5.32 Å². The highest BCUT2D eigenvalue weighted by Crippen LogP contribution is 2.52. The third kappa shape index (κ3) is 3.54. The highest BCUT2D eigenvalue weighted by atomic mass is 16.5. The molecule has 2 fully saturated rings. The molecule has 5 rings (SSSR count). The lowest BCUT2D eigenvalue weighted by Crippen LogP contribution is -2.59. The lowest BCUT2D eigenvalue weighted by molar-refractivity contribution is -0.142. The fourth-order valence-electron chi connectivity index (χ4n) is 5.97. The molecule has 1 saturated heterocycles. The van der Waals surface area contributed by atoms with E-state index < -0.39 is 17.6 Å². The number of rotatable bonds is 7. The quantitative estimate of drug-likeness (QED) is 0.651. The minimum Gasteiger partial charge on any atom is -0.481 e. The molecular weight excluding hydrogens is 432 g/mol. The molecule has 2 atom stereocenters. The number of carbonyl (C=O) groups excluding carboxylic acids is 2. The molecule has 178 valence electrons. The molecule has 1 aliphatic heterocycles. The number of carboxylic acids is 1. The van der Waals surface area contributed by atoms with Crippen LogP contribution in [0.1, 0.15) is 43.7 Å². The molecular formula is C27H30N2O5. The molecule has 2 aromatic rings. The third-order valence-electron chi connectivity index (χ3n) is 8.07. The Labute approximate surface area is 199 Å². The van der Waals surface area contributed by atoms with Crippen LogP contribution in [-0.4, -0.2) is 53.2 Å². The van der Waals surface area contributed by atoms with Crippen LogP contribution in [0, 0.1) is 17.8 Å². The molecule has 0 radical (unpaired) electrons. The van der Waals surface area contributed by atoms with Crippen LogP contribution in [0.3, 0.4) is 0 Å². The van der Waals surface area contributed by atoms with Crippen LogP contribution in [0.2, 0.25) is 0 Å². The van der Waals surface area contributed by atoms with Crippen molar-refractivity contribution < 1.29 is 24.2 Å². The molecule has 0 bridgehead atoms.